The second-order valence-corrected chi connectivity index (χ2v) is 9.65. The van der Waals surface area contributed by atoms with Crippen molar-refractivity contribution in [2.45, 2.75) is 10.4 Å². The fourth-order valence-corrected chi connectivity index (χ4v) is 5.38. The molecule has 3 nitrogen and oxygen atoms in total. The van der Waals surface area contributed by atoms with Gasteiger partial charge in [-0.25, -0.2) is 0 Å². The molecule has 132 valence electrons. The van der Waals surface area contributed by atoms with Gasteiger partial charge in [-0.2, -0.15) is 21.6 Å². The minimum Gasteiger partial charge on any atom is -0.376 e. The molecule has 0 amide bonds. The van der Waals surface area contributed by atoms with Crippen molar-refractivity contribution in [1.82, 2.24) is 0 Å². The highest BCUT2D eigenvalue weighted by molar-refractivity contribution is 14.1. The Morgan fingerprint density at radius 2 is 1.42 bits per heavy atom. The van der Waals surface area contributed by atoms with E-state index in [-0.39, 0.29) is 5.75 Å². The third kappa shape index (κ3) is 7.03. The first-order valence-corrected chi connectivity index (χ1v) is 11.0. The molecular formula is C13H9F3I3O3S2+. The Balaban J connectivity index is 0.000000254. The molecule has 0 aliphatic carbocycles. The van der Waals surface area contributed by atoms with E-state index in [0.717, 1.165) is 12.1 Å². The topological polar surface area (TPSA) is 43.4 Å². The van der Waals surface area contributed by atoms with Crippen LogP contribution in [0.1, 0.15) is 0 Å². The molecule has 0 aliphatic rings. The van der Waals surface area contributed by atoms with Crippen molar-refractivity contribution in [1.29, 1.82) is 0 Å². The zero-order valence-electron chi connectivity index (χ0n) is 11.4. The Morgan fingerprint density at radius 1 is 0.958 bits per heavy atom. The van der Waals surface area contributed by atoms with Gasteiger partial charge in [-0.3, -0.25) is 0 Å². The molecule has 0 N–H and O–H groups in total. The number of para-hydroxylation sites is 1. The lowest BCUT2D eigenvalue weighted by molar-refractivity contribution is -0.0500. The molecule has 0 spiro atoms. The lowest BCUT2D eigenvalue weighted by Gasteiger charge is -2.08. The van der Waals surface area contributed by atoms with Crippen LogP contribution in [0.2, 0.25) is 0 Å². The summed E-state index contributed by atoms with van der Waals surface area (Å²) in [6.07, 6.45) is 0. The zero-order valence-corrected chi connectivity index (χ0v) is 19.7. The number of hydrogen-bond acceptors (Lipinski definition) is 3. The predicted octanol–water partition coefficient (Wildman–Crippen LogP) is 4.79. The van der Waals surface area contributed by atoms with Gasteiger partial charge in [-0.05, 0) is 105 Å². The molecule has 2 aromatic rings. The average Bonchev–Trinajstić information content (AvgIpc) is 2.44. The molecule has 0 bridgehead atoms. The highest BCUT2D eigenvalue weighted by Gasteiger charge is 2.48. The van der Waals surface area contributed by atoms with Crippen LogP contribution in [0.25, 0.3) is 0 Å². The van der Waals surface area contributed by atoms with Crippen LogP contribution in [0.5, 0.6) is 5.75 Å². The summed E-state index contributed by atoms with van der Waals surface area (Å²) in [6, 6.07) is 10.8. The summed E-state index contributed by atoms with van der Waals surface area (Å²) in [5, 5.41) is 0. The van der Waals surface area contributed by atoms with E-state index in [9.17, 15) is 21.6 Å². The van der Waals surface area contributed by atoms with E-state index in [0.29, 0.717) is 0 Å². The molecule has 0 atom stereocenters. The van der Waals surface area contributed by atoms with Crippen LogP contribution in [0.3, 0.4) is 0 Å². The lowest BCUT2D eigenvalue weighted by atomic mass is 10.3. The fraction of sp³-hybridized carbons (Fsp3) is 0.0769. The van der Waals surface area contributed by atoms with Crippen LogP contribution in [0.15, 0.2) is 47.4 Å². The van der Waals surface area contributed by atoms with Crippen LogP contribution >= 0.6 is 67.8 Å². The molecule has 0 aliphatic heterocycles. The molecule has 2 aromatic carbocycles. The van der Waals surface area contributed by atoms with Crippen molar-refractivity contribution in [2.75, 3.05) is 0 Å². The Hall–Kier alpha value is 0.520. The molecule has 0 aromatic heterocycles. The molecule has 0 saturated heterocycles. The summed E-state index contributed by atoms with van der Waals surface area (Å²) in [4.78, 5) is 1.20. The molecule has 24 heavy (non-hydrogen) atoms. The largest absolute Gasteiger partial charge is 0.534 e. The van der Waals surface area contributed by atoms with Gasteiger partial charge in [0.1, 0.15) is 5.75 Å². The van der Waals surface area contributed by atoms with Gasteiger partial charge < -0.3 is 4.18 Å². The summed E-state index contributed by atoms with van der Waals surface area (Å²) >= 11 is 10.5. The minimum atomic E-state index is -5.55. The number of alkyl halides is 3. The highest BCUT2D eigenvalue weighted by Crippen LogP contribution is 2.26. The summed E-state index contributed by atoms with van der Waals surface area (Å²) < 4.78 is 64.0. The fourth-order valence-electron chi connectivity index (χ4n) is 1.19. The normalized spacial score (nSPS) is 11.5. The molecule has 2 rings (SSSR count). The maximum atomic E-state index is 11.8. The molecule has 0 radical (unpaired) electrons. The number of halogens is 6. The van der Waals surface area contributed by atoms with Gasteiger partial charge in [0.25, 0.3) is 0 Å². The van der Waals surface area contributed by atoms with Crippen molar-refractivity contribution < 1.29 is 25.8 Å². The molecule has 0 fully saturated rings. The number of rotatable bonds is 2. The average molecular weight is 715 g/mol. The first kappa shape index (κ1) is 22.6. The quantitative estimate of drug-likeness (QED) is 0.195. The maximum absolute atomic E-state index is 11.8. The number of hydrogen-bond donors (Lipinski definition) is 0. The minimum absolute atomic E-state index is 0.371. The van der Waals surface area contributed by atoms with E-state index in [2.05, 4.69) is 96.7 Å². The van der Waals surface area contributed by atoms with Crippen LogP contribution in [0.4, 0.5) is 13.2 Å². The van der Waals surface area contributed by atoms with E-state index in [1.807, 2.05) is 0 Å². The summed E-state index contributed by atoms with van der Waals surface area (Å²) in [5.41, 5.74) is -5.40. The zero-order chi connectivity index (χ0) is 18.5. The van der Waals surface area contributed by atoms with Crippen molar-refractivity contribution in [3.05, 3.63) is 53.2 Å². The van der Waals surface area contributed by atoms with Gasteiger partial charge >= 0.3 is 15.6 Å². The van der Waals surface area contributed by atoms with Gasteiger partial charge in [0.2, 0.25) is 0 Å². The Kier molecular flexibility index (Phi) is 8.89. The van der Waals surface area contributed by atoms with Crippen molar-refractivity contribution in [3.63, 3.8) is 0 Å². The summed E-state index contributed by atoms with van der Waals surface area (Å²) in [6.45, 7) is 0. The third-order valence-corrected chi connectivity index (χ3v) is 7.10. The van der Waals surface area contributed by atoms with E-state index >= 15 is 0 Å². The highest BCUT2D eigenvalue weighted by atomic mass is 127. The first-order chi connectivity index (χ1) is 10.9. The van der Waals surface area contributed by atoms with Crippen LogP contribution in [0, 0.1) is 10.7 Å². The lowest BCUT2D eigenvalue weighted by Crippen LogP contribution is -2.27. The second kappa shape index (κ2) is 9.45. The predicted molar refractivity (Wildman–Crippen MR) is 115 cm³/mol. The molecule has 0 unspecified atom stereocenters. The SMILES string of the molecule is O=S(=O)(Oc1ccccc1)C(F)(F)F.[SH2+]c1c(I)cc(I)cc1I. The molecular weight excluding hydrogens is 706 g/mol. The Morgan fingerprint density at radius 3 is 1.83 bits per heavy atom. The van der Waals surface area contributed by atoms with E-state index < -0.39 is 15.6 Å². The van der Waals surface area contributed by atoms with Crippen molar-refractivity contribution in [2.24, 2.45) is 0 Å². The van der Waals surface area contributed by atoms with Gasteiger partial charge in [0.05, 0.1) is 7.14 Å². The smallest absolute Gasteiger partial charge is 0.376 e. The van der Waals surface area contributed by atoms with E-state index in [4.69, 9.17) is 0 Å². The van der Waals surface area contributed by atoms with Gasteiger partial charge in [-0.1, -0.05) is 18.2 Å². The van der Waals surface area contributed by atoms with Crippen molar-refractivity contribution >= 4 is 90.5 Å². The van der Waals surface area contributed by atoms with Crippen molar-refractivity contribution in [3.8, 4) is 5.75 Å². The van der Waals surface area contributed by atoms with Gasteiger partial charge in [0.15, 0.2) is 4.90 Å². The summed E-state index contributed by atoms with van der Waals surface area (Å²) in [7, 11) is -5.55. The Labute approximate surface area is 183 Å². The van der Waals surface area contributed by atoms with Crippen LogP contribution < -0.4 is 4.18 Å². The second-order valence-electron chi connectivity index (χ2n) is 4.04. The maximum Gasteiger partial charge on any atom is 0.534 e. The standard InChI is InChI=1S/C7H5F3O3S.C6H3I3S/c8-7(9,10)14(11,12)13-6-4-2-1-3-5-6;7-3-1-4(8)6(10)5(9)2-3/h1-5H;1-2,10H/p+1. The first-order valence-electron chi connectivity index (χ1n) is 5.86. The van der Waals surface area contributed by atoms with E-state index in [1.165, 1.54) is 33.8 Å². The Bertz CT molecular complexity index is 774. The number of benzene rings is 2. The molecule has 0 saturated carbocycles. The van der Waals surface area contributed by atoms with Crippen LogP contribution in [-0.4, -0.2) is 13.9 Å². The monoisotopic (exact) mass is 715 g/mol. The van der Waals surface area contributed by atoms with Gasteiger partial charge in [-0.15, -0.1) is 0 Å². The van der Waals surface area contributed by atoms with Gasteiger partial charge in [0, 0.05) is 3.57 Å². The molecule has 0 heterocycles. The van der Waals surface area contributed by atoms with E-state index in [1.54, 1.807) is 0 Å². The third-order valence-electron chi connectivity index (χ3n) is 2.24. The summed E-state index contributed by atoms with van der Waals surface area (Å²) in [5.74, 6) is -0.371. The molecule has 11 heteroatoms. The van der Waals surface area contributed by atoms with Crippen LogP contribution in [-0.2, 0) is 22.7 Å².